The van der Waals surface area contributed by atoms with Gasteiger partial charge >= 0.3 is 5.69 Å². The molecule has 2 aromatic rings. The number of aromatic nitrogens is 3. The summed E-state index contributed by atoms with van der Waals surface area (Å²) in [5, 5.41) is 2.93. The summed E-state index contributed by atoms with van der Waals surface area (Å²) in [6.45, 7) is 8.50. The fraction of sp³-hybridized carbons (Fsp3) is 0.556. The second-order valence-electron chi connectivity index (χ2n) is 6.88. The standard InChI is InChI=1S/C18H27N5O3/c1-5-8-23-15-14(17(25)22-18(23)26)12(9-13(21-15)10(2)3)16(24)20-7-6-11(4)19/h9-11H,5-8,19H2,1-4H3,(H,20,24)(H,22,25,26). The number of aryl methyl sites for hydroxylation is 1. The molecule has 8 heteroatoms. The fourth-order valence-corrected chi connectivity index (χ4v) is 2.71. The van der Waals surface area contributed by atoms with Crippen LogP contribution in [0.5, 0.6) is 0 Å². The Kier molecular flexibility index (Phi) is 6.31. The minimum absolute atomic E-state index is 0.0335. The van der Waals surface area contributed by atoms with Gasteiger partial charge in [0.05, 0.1) is 10.9 Å². The van der Waals surface area contributed by atoms with Crippen LogP contribution in [-0.2, 0) is 6.54 Å². The van der Waals surface area contributed by atoms with Crippen LogP contribution in [0.2, 0.25) is 0 Å². The van der Waals surface area contributed by atoms with E-state index in [0.717, 1.165) is 0 Å². The summed E-state index contributed by atoms with van der Waals surface area (Å²) in [6, 6.07) is 1.60. The van der Waals surface area contributed by atoms with Gasteiger partial charge in [0.15, 0.2) is 5.65 Å². The van der Waals surface area contributed by atoms with Crippen LogP contribution in [0.1, 0.15) is 62.5 Å². The number of hydrogen-bond donors (Lipinski definition) is 3. The number of H-pyrrole nitrogens is 1. The first-order chi connectivity index (χ1) is 12.3. The maximum absolute atomic E-state index is 12.7. The maximum Gasteiger partial charge on any atom is 0.329 e. The molecule has 0 bridgehead atoms. The van der Waals surface area contributed by atoms with Crippen molar-refractivity contribution in [2.45, 2.75) is 59.0 Å². The zero-order chi connectivity index (χ0) is 19.4. The number of fused-ring (bicyclic) bond motifs is 1. The number of carbonyl (C=O) groups is 1. The number of hydrogen-bond acceptors (Lipinski definition) is 5. The third-order valence-corrected chi connectivity index (χ3v) is 4.14. The largest absolute Gasteiger partial charge is 0.352 e. The molecule has 2 heterocycles. The van der Waals surface area contributed by atoms with E-state index in [4.69, 9.17) is 5.73 Å². The van der Waals surface area contributed by atoms with Gasteiger partial charge in [-0.05, 0) is 31.7 Å². The number of amides is 1. The van der Waals surface area contributed by atoms with Crippen molar-refractivity contribution in [3.8, 4) is 0 Å². The van der Waals surface area contributed by atoms with Gasteiger partial charge in [0.2, 0.25) is 0 Å². The molecule has 26 heavy (non-hydrogen) atoms. The van der Waals surface area contributed by atoms with E-state index in [0.29, 0.717) is 31.6 Å². The summed E-state index contributed by atoms with van der Waals surface area (Å²) in [7, 11) is 0. The van der Waals surface area contributed by atoms with Gasteiger partial charge in [0, 0.05) is 24.8 Å². The normalized spacial score (nSPS) is 12.5. The molecule has 0 spiro atoms. The van der Waals surface area contributed by atoms with Crippen LogP contribution in [0.4, 0.5) is 0 Å². The maximum atomic E-state index is 12.7. The molecule has 2 aromatic heterocycles. The molecule has 2 rings (SSSR count). The first kappa shape index (κ1) is 19.8. The van der Waals surface area contributed by atoms with Gasteiger partial charge in [-0.25, -0.2) is 9.78 Å². The smallest absolute Gasteiger partial charge is 0.329 e. The van der Waals surface area contributed by atoms with Crippen LogP contribution in [0.3, 0.4) is 0 Å². The molecule has 1 amide bonds. The highest BCUT2D eigenvalue weighted by Crippen LogP contribution is 2.19. The average Bonchev–Trinajstić information content (AvgIpc) is 2.56. The molecule has 1 unspecified atom stereocenters. The lowest BCUT2D eigenvalue weighted by Gasteiger charge is -2.14. The van der Waals surface area contributed by atoms with Crippen LogP contribution in [0.25, 0.3) is 11.0 Å². The topological polar surface area (TPSA) is 123 Å². The summed E-state index contributed by atoms with van der Waals surface area (Å²) in [4.78, 5) is 44.1. The number of aromatic amines is 1. The molecule has 0 aliphatic heterocycles. The Morgan fingerprint density at radius 1 is 1.35 bits per heavy atom. The number of nitrogens with one attached hydrogen (secondary N) is 2. The summed E-state index contributed by atoms with van der Waals surface area (Å²) >= 11 is 0. The molecule has 142 valence electrons. The van der Waals surface area contributed by atoms with E-state index in [1.807, 2.05) is 27.7 Å². The minimum Gasteiger partial charge on any atom is -0.352 e. The first-order valence-corrected chi connectivity index (χ1v) is 8.97. The van der Waals surface area contributed by atoms with E-state index in [1.165, 1.54) is 4.57 Å². The Morgan fingerprint density at radius 3 is 2.62 bits per heavy atom. The van der Waals surface area contributed by atoms with E-state index in [1.54, 1.807) is 6.07 Å². The molecular formula is C18H27N5O3. The molecule has 0 saturated heterocycles. The first-order valence-electron chi connectivity index (χ1n) is 8.97. The molecule has 0 fully saturated rings. The molecule has 8 nitrogen and oxygen atoms in total. The van der Waals surface area contributed by atoms with Gasteiger partial charge < -0.3 is 11.1 Å². The van der Waals surface area contributed by atoms with Crippen molar-refractivity contribution in [3.63, 3.8) is 0 Å². The van der Waals surface area contributed by atoms with Crippen molar-refractivity contribution < 1.29 is 4.79 Å². The highest BCUT2D eigenvalue weighted by molar-refractivity contribution is 6.05. The Bertz CT molecular complexity index is 911. The monoisotopic (exact) mass is 361 g/mol. The van der Waals surface area contributed by atoms with E-state index in [2.05, 4.69) is 15.3 Å². The van der Waals surface area contributed by atoms with Crippen molar-refractivity contribution in [2.75, 3.05) is 6.54 Å². The highest BCUT2D eigenvalue weighted by Gasteiger charge is 2.20. The number of nitrogens with zero attached hydrogens (tertiary/aromatic N) is 2. The lowest BCUT2D eigenvalue weighted by atomic mass is 10.0. The molecule has 1 atom stereocenters. The van der Waals surface area contributed by atoms with E-state index in [-0.39, 0.29) is 34.5 Å². The van der Waals surface area contributed by atoms with Gasteiger partial charge in [-0.3, -0.25) is 19.1 Å². The second-order valence-corrected chi connectivity index (χ2v) is 6.88. The Labute approximate surface area is 151 Å². The molecule has 0 saturated carbocycles. The predicted octanol–water partition coefficient (Wildman–Crippen LogP) is 1.09. The van der Waals surface area contributed by atoms with E-state index in [9.17, 15) is 14.4 Å². The summed E-state index contributed by atoms with van der Waals surface area (Å²) in [6.07, 6.45) is 1.33. The number of nitrogens with two attached hydrogens (primary N) is 1. The quantitative estimate of drug-likeness (QED) is 0.681. The van der Waals surface area contributed by atoms with Gasteiger partial charge in [-0.1, -0.05) is 20.8 Å². The van der Waals surface area contributed by atoms with Gasteiger partial charge in [0.1, 0.15) is 0 Å². The van der Waals surface area contributed by atoms with Crippen LogP contribution in [-0.4, -0.2) is 33.0 Å². The molecule has 0 aliphatic carbocycles. The van der Waals surface area contributed by atoms with E-state index < -0.39 is 11.2 Å². The van der Waals surface area contributed by atoms with E-state index >= 15 is 0 Å². The summed E-state index contributed by atoms with van der Waals surface area (Å²) in [5.74, 6) is -0.327. The van der Waals surface area contributed by atoms with Gasteiger partial charge in [-0.15, -0.1) is 0 Å². The fourth-order valence-electron chi connectivity index (χ4n) is 2.71. The minimum atomic E-state index is -0.600. The zero-order valence-electron chi connectivity index (χ0n) is 15.8. The Balaban J connectivity index is 2.68. The third-order valence-electron chi connectivity index (χ3n) is 4.14. The number of carbonyl (C=O) groups excluding carboxylic acids is 1. The molecule has 0 aromatic carbocycles. The molecular weight excluding hydrogens is 334 g/mol. The molecule has 4 N–H and O–H groups in total. The van der Waals surface area contributed by atoms with Crippen molar-refractivity contribution in [3.05, 3.63) is 38.2 Å². The lowest BCUT2D eigenvalue weighted by Crippen LogP contribution is -2.34. The number of pyridine rings is 1. The molecule has 0 radical (unpaired) electrons. The van der Waals surface area contributed by atoms with Gasteiger partial charge in [0.25, 0.3) is 11.5 Å². The Hall–Kier alpha value is -2.48. The van der Waals surface area contributed by atoms with Crippen LogP contribution < -0.4 is 22.3 Å². The Morgan fingerprint density at radius 2 is 2.04 bits per heavy atom. The second kappa shape index (κ2) is 8.27. The summed E-state index contributed by atoms with van der Waals surface area (Å²) in [5.41, 5.74) is 5.74. The average molecular weight is 361 g/mol. The van der Waals surface area contributed by atoms with Crippen molar-refractivity contribution in [1.82, 2.24) is 19.9 Å². The van der Waals surface area contributed by atoms with Crippen LogP contribution >= 0.6 is 0 Å². The van der Waals surface area contributed by atoms with Gasteiger partial charge in [-0.2, -0.15) is 0 Å². The summed E-state index contributed by atoms with van der Waals surface area (Å²) < 4.78 is 1.42. The highest BCUT2D eigenvalue weighted by atomic mass is 16.2. The third kappa shape index (κ3) is 4.19. The van der Waals surface area contributed by atoms with Crippen LogP contribution in [0, 0.1) is 0 Å². The number of rotatable bonds is 7. The molecule has 0 aliphatic rings. The van der Waals surface area contributed by atoms with Crippen LogP contribution in [0.15, 0.2) is 15.7 Å². The van der Waals surface area contributed by atoms with Crippen molar-refractivity contribution in [1.29, 1.82) is 0 Å². The van der Waals surface area contributed by atoms with Crippen molar-refractivity contribution >= 4 is 16.9 Å². The van der Waals surface area contributed by atoms with Crippen molar-refractivity contribution in [2.24, 2.45) is 5.73 Å². The predicted molar refractivity (Wildman–Crippen MR) is 102 cm³/mol. The zero-order valence-corrected chi connectivity index (χ0v) is 15.8. The SMILES string of the molecule is CCCn1c(=O)[nH]c(=O)c2c(C(=O)NCCC(C)N)cc(C(C)C)nc21. The lowest BCUT2D eigenvalue weighted by molar-refractivity contribution is 0.0954.